The van der Waals surface area contributed by atoms with E-state index in [0.29, 0.717) is 6.54 Å². The number of hydrogen-bond acceptors (Lipinski definition) is 3. The topological polar surface area (TPSA) is 38.3 Å². The molecule has 0 aliphatic heterocycles. The molecule has 1 aliphatic carbocycles. The normalized spacial score (nSPS) is 15.7. The molecule has 1 amide bonds. The predicted octanol–water partition coefficient (Wildman–Crippen LogP) is 3.22. The molecule has 20 heavy (non-hydrogen) atoms. The Morgan fingerprint density at radius 3 is 2.75 bits per heavy atom. The van der Waals surface area contributed by atoms with Gasteiger partial charge in [0.2, 0.25) is 0 Å². The summed E-state index contributed by atoms with van der Waals surface area (Å²) in [5.41, 5.74) is 1.26. The average Bonchev–Trinajstić information content (AvgIpc) is 3.07. The number of methoxy groups -OCH3 is 1. The van der Waals surface area contributed by atoms with Gasteiger partial charge in [-0.3, -0.25) is 4.79 Å². The van der Waals surface area contributed by atoms with Crippen LogP contribution >= 0.6 is 11.3 Å². The van der Waals surface area contributed by atoms with Crippen LogP contribution in [0.1, 0.15) is 28.1 Å². The number of ether oxygens (including phenoxy) is 1. The summed E-state index contributed by atoms with van der Waals surface area (Å²) in [5.74, 6) is 0.927. The summed E-state index contributed by atoms with van der Waals surface area (Å²) >= 11 is 1.47. The molecule has 0 bridgehead atoms. The Bertz CT molecular complexity index is 603. The third kappa shape index (κ3) is 2.43. The molecule has 1 heterocycles. The zero-order valence-corrected chi connectivity index (χ0v) is 12.2. The monoisotopic (exact) mass is 287 g/mol. The highest BCUT2D eigenvalue weighted by Gasteiger charge is 2.46. The number of hydrogen-bond donors (Lipinski definition) is 1. The summed E-state index contributed by atoms with van der Waals surface area (Å²) in [6.45, 7) is 0.671. The van der Waals surface area contributed by atoms with E-state index in [0.717, 1.165) is 23.5 Å². The van der Waals surface area contributed by atoms with Crippen molar-refractivity contribution in [3.8, 4) is 5.75 Å². The Labute approximate surface area is 122 Å². The van der Waals surface area contributed by atoms with Crippen LogP contribution in [0.3, 0.4) is 0 Å². The van der Waals surface area contributed by atoms with Crippen LogP contribution in [0.25, 0.3) is 0 Å². The zero-order chi connectivity index (χ0) is 14.0. The van der Waals surface area contributed by atoms with Crippen molar-refractivity contribution >= 4 is 17.2 Å². The Morgan fingerprint density at radius 1 is 1.30 bits per heavy atom. The van der Waals surface area contributed by atoms with Crippen molar-refractivity contribution < 1.29 is 9.53 Å². The number of amides is 1. The predicted molar refractivity (Wildman–Crippen MR) is 80.6 cm³/mol. The first-order chi connectivity index (χ1) is 9.75. The third-order valence-electron chi connectivity index (χ3n) is 3.86. The van der Waals surface area contributed by atoms with E-state index in [2.05, 4.69) is 11.4 Å². The third-order valence-corrected chi connectivity index (χ3v) is 4.73. The van der Waals surface area contributed by atoms with E-state index >= 15 is 0 Å². The standard InChI is InChI=1S/C16H17NO2S/c1-19-13-6-3-2-5-12(13)16(8-9-16)11-17-15(18)14-7-4-10-20-14/h2-7,10H,8-9,11H2,1H3,(H,17,18). The molecule has 1 N–H and O–H groups in total. The fraction of sp³-hybridized carbons (Fsp3) is 0.312. The van der Waals surface area contributed by atoms with Gasteiger partial charge < -0.3 is 10.1 Å². The van der Waals surface area contributed by atoms with Crippen molar-refractivity contribution in [2.24, 2.45) is 0 Å². The van der Waals surface area contributed by atoms with Crippen LogP contribution < -0.4 is 10.1 Å². The molecule has 1 aromatic carbocycles. The molecule has 3 nitrogen and oxygen atoms in total. The number of para-hydroxylation sites is 1. The molecule has 3 rings (SSSR count). The minimum absolute atomic E-state index is 0.0150. The summed E-state index contributed by atoms with van der Waals surface area (Å²) in [5, 5.41) is 4.97. The van der Waals surface area contributed by atoms with Crippen LogP contribution in [0.2, 0.25) is 0 Å². The summed E-state index contributed by atoms with van der Waals surface area (Å²) in [6, 6.07) is 11.8. The fourth-order valence-electron chi connectivity index (χ4n) is 2.52. The largest absolute Gasteiger partial charge is 0.496 e. The average molecular weight is 287 g/mol. The Balaban J connectivity index is 1.72. The Morgan fingerprint density at radius 2 is 2.10 bits per heavy atom. The summed E-state index contributed by atoms with van der Waals surface area (Å²) in [7, 11) is 1.69. The molecule has 1 fully saturated rings. The van der Waals surface area contributed by atoms with Crippen molar-refractivity contribution in [2.75, 3.05) is 13.7 Å². The first kappa shape index (κ1) is 13.2. The quantitative estimate of drug-likeness (QED) is 0.917. The van der Waals surface area contributed by atoms with Gasteiger partial charge in [0.1, 0.15) is 5.75 Å². The molecule has 0 atom stereocenters. The van der Waals surface area contributed by atoms with Crippen molar-refractivity contribution in [2.45, 2.75) is 18.3 Å². The fourth-order valence-corrected chi connectivity index (χ4v) is 3.16. The van der Waals surface area contributed by atoms with E-state index < -0.39 is 0 Å². The van der Waals surface area contributed by atoms with E-state index in [-0.39, 0.29) is 11.3 Å². The maximum absolute atomic E-state index is 12.0. The molecule has 0 unspecified atom stereocenters. The molecule has 1 saturated carbocycles. The lowest BCUT2D eigenvalue weighted by atomic mass is 9.95. The SMILES string of the molecule is COc1ccccc1C1(CNC(=O)c2cccs2)CC1. The second kappa shape index (κ2) is 5.29. The molecule has 1 aromatic heterocycles. The van der Waals surface area contributed by atoms with Gasteiger partial charge >= 0.3 is 0 Å². The maximum atomic E-state index is 12.0. The highest BCUT2D eigenvalue weighted by Crippen LogP contribution is 2.50. The number of nitrogens with one attached hydrogen (secondary N) is 1. The summed E-state index contributed by atoms with van der Waals surface area (Å²) < 4.78 is 5.44. The van der Waals surface area contributed by atoms with Gasteiger partial charge in [-0.25, -0.2) is 0 Å². The lowest BCUT2D eigenvalue weighted by Gasteiger charge is -2.19. The molecule has 0 radical (unpaired) electrons. The number of benzene rings is 1. The lowest BCUT2D eigenvalue weighted by molar-refractivity contribution is 0.0953. The van der Waals surface area contributed by atoms with Crippen LogP contribution in [0, 0.1) is 0 Å². The van der Waals surface area contributed by atoms with Gasteiger partial charge in [0, 0.05) is 17.5 Å². The smallest absolute Gasteiger partial charge is 0.261 e. The number of carbonyl (C=O) groups is 1. The second-order valence-corrected chi connectivity index (χ2v) is 6.09. The number of carbonyl (C=O) groups excluding carboxylic acids is 1. The molecule has 4 heteroatoms. The molecule has 1 aliphatic rings. The zero-order valence-electron chi connectivity index (χ0n) is 11.4. The first-order valence-electron chi connectivity index (χ1n) is 6.70. The maximum Gasteiger partial charge on any atom is 0.261 e. The van der Waals surface area contributed by atoms with Gasteiger partial charge in [0.15, 0.2) is 0 Å². The van der Waals surface area contributed by atoms with E-state index in [1.54, 1.807) is 7.11 Å². The van der Waals surface area contributed by atoms with Gasteiger partial charge in [-0.1, -0.05) is 24.3 Å². The summed E-state index contributed by atoms with van der Waals surface area (Å²) in [6.07, 6.45) is 2.19. The van der Waals surface area contributed by atoms with Crippen molar-refractivity contribution in [3.05, 3.63) is 52.2 Å². The van der Waals surface area contributed by atoms with Crippen molar-refractivity contribution in [1.29, 1.82) is 0 Å². The molecule has 0 spiro atoms. The Kier molecular flexibility index (Phi) is 3.49. The number of rotatable bonds is 5. The van der Waals surface area contributed by atoms with E-state index in [1.807, 2.05) is 35.7 Å². The van der Waals surface area contributed by atoms with Gasteiger partial charge in [0.05, 0.1) is 12.0 Å². The van der Waals surface area contributed by atoms with Gasteiger partial charge in [-0.2, -0.15) is 0 Å². The first-order valence-corrected chi connectivity index (χ1v) is 7.58. The van der Waals surface area contributed by atoms with Gasteiger partial charge in [0.25, 0.3) is 5.91 Å². The van der Waals surface area contributed by atoms with Crippen LogP contribution in [0.5, 0.6) is 5.75 Å². The van der Waals surface area contributed by atoms with Crippen LogP contribution in [-0.4, -0.2) is 19.6 Å². The highest BCUT2D eigenvalue weighted by atomic mass is 32.1. The molecule has 104 valence electrons. The minimum Gasteiger partial charge on any atom is -0.496 e. The van der Waals surface area contributed by atoms with Crippen molar-refractivity contribution in [1.82, 2.24) is 5.32 Å². The second-order valence-electron chi connectivity index (χ2n) is 5.14. The summed E-state index contributed by atoms with van der Waals surface area (Å²) in [4.78, 5) is 12.8. The molecule has 0 saturated heterocycles. The van der Waals surface area contributed by atoms with Crippen LogP contribution in [0.4, 0.5) is 0 Å². The lowest BCUT2D eigenvalue weighted by Crippen LogP contribution is -2.32. The van der Waals surface area contributed by atoms with Gasteiger partial charge in [-0.15, -0.1) is 11.3 Å². The highest BCUT2D eigenvalue weighted by molar-refractivity contribution is 7.12. The van der Waals surface area contributed by atoms with Crippen LogP contribution in [0.15, 0.2) is 41.8 Å². The molecule has 2 aromatic rings. The van der Waals surface area contributed by atoms with Crippen molar-refractivity contribution in [3.63, 3.8) is 0 Å². The Hall–Kier alpha value is -1.81. The van der Waals surface area contributed by atoms with E-state index in [9.17, 15) is 4.79 Å². The van der Waals surface area contributed by atoms with E-state index in [1.165, 1.54) is 16.9 Å². The minimum atomic E-state index is 0.0150. The molecular formula is C16H17NO2S. The molecular weight excluding hydrogens is 270 g/mol. The number of thiophene rings is 1. The van der Waals surface area contributed by atoms with E-state index in [4.69, 9.17) is 4.74 Å². The van der Waals surface area contributed by atoms with Gasteiger partial charge in [-0.05, 0) is 30.4 Å². The van der Waals surface area contributed by atoms with Crippen LogP contribution in [-0.2, 0) is 5.41 Å².